The number of amides is 1. The Kier molecular flexibility index (Phi) is 31.0. The van der Waals surface area contributed by atoms with Gasteiger partial charge in [0.2, 0.25) is 5.91 Å². The summed E-state index contributed by atoms with van der Waals surface area (Å²) in [6.45, 7) is 4.28. The molecule has 3 N–H and O–H groups in total. The summed E-state index contributed by atoms with van der Waals surface area (Å²) in [7, 11) is 0. The molecule has 4 heteroatoms. The lowest BCUT2D eigenvalue weighted by Gasteiger charge is -2.22. The van der Waals surface area contributed by atoms with Crippen LogP contribution in [0.2, 0.25) is 0 Å². The molecule has 0 radical (unpaired) electrons. The topological polar surface area (TPSA) is 69.6 Å². The van der Waals surface area contributed by atoms with E-state index in [1.165, 1.54) is 89.9 Å². The van der Waals surface area contributed by atoms with E-state index < -0.39 is 12.1 Å². The number of rotatable bonds is 30. The first-order chi connectivity index (χ1) is 19.7. The van der Waals surface area contributed by atoms with Gasteiger partial charge in [-0.15, -0.1) is 0 Å². The summed E-state index contributed by atoms with van der Waals surface area (Å²) in [5.74, 6) is -0.0583. The van der Waals surface area contributed by atoms with Gasteiger partial charge in [-0.25, -0.2) is 0 Å². The van der Waals surface area contributed by atoms with Crippen molar-refractivity contribution in [2.45, 2.75) is 180 Å². The van der Waals surface area contributed by atoms with E-state index in [0.29, 0.717) is 12.8 Å². The molecule has 0 aromatic carbocycles. The van der Waals surface area contributed by atoms with Crippen molar-refractivity contribution in [2.24, 2.45) is 0 Å². The fourth-order valence-electron chi connectivity index (χ4n) is 4.91. The molecular weight excluding hydrogens is 494 g/mol. The lowest BCUT2D eigenvalue weighted by atomic mass is 10.0. The number of allylic oxidation sites excluding steroid dienone is 6. The van der Waals surface area contributed by atoms with Gasteiger partial charge in [0.15, 0.2) is 0 Å². The van der Waals surface area contributed by atoms with Crippen LogP contribution in [0.25, 0.3) is 0 Å². The molecule has 0 aromatic heterocycles. The van der Waals surface area contributed by atoms with E-state index in [1.54, 1.807) is 0 Å². The maximum Gasteiger partial charge on any atom is 0.220 e. The molecular formula is C36H67NO3. The Morgan fingerprint density at radius 2 is 1.02 bits per heavy atom. The van der Waals surface area contributed by atoms with Gasteiger partial charge < -0.3 is 15.5 Å². The smallest absolute Gasteiger partial charge is 0.220 e. The third kappa shape index (κ3) is 28.1. The molecule has 0 unspecified atom stereocenters. The van der Waals surface area contributed by atoms with E-state index in [-0.39, 0.29) is 12.5 Å². The zero-order valence-corrected chi connectivity index (χ0v) is 26.6. The van der Waals surface area contributed by atoms with Crippen molar-refractivity contribution in [1.82, 2.24) is 5.32 Å². The van der Waals surface area contributed by atoms with E-state index in [2.05, 4.69) is 55.6 Å². The predicted molar refractivity (Wildman–Crippen MR) is 175 cm³/mol. The second-order valence-electron chi connectivity index (χ2n) is 11.6. The molecule has 234 valence electrons. The van der Waals surface area contributed by atoms with Crippen molar-refractivity contribution in [2.75, 3.05) is 6.61 Å². The molecule has 0 rings (SSSR count). The molecule has 0 aliphatic heterocycles. The average molecular weight is 562 g/mol. The summed E-state index contributed by atoms with van der Waals surface area (Å²) in [6.07, 6.45) is 40.4. The highest BCUT2D eigenvalue weighted by Crippen LogP contribution is 2.12. The molecule has 0 saturated heterocycles. The van der Waals surface area contributed by atoms with Gasteiger partial charge in [-0.3, -0.25) is 4.79 Å². The summed E-state index contributed by atoms with van der Waals surface area (Å²) >= 11 is 0. The van der Waals surface area contributed by atoms with Crippen LogP contribution in [0, 0.1) is 0 Å². The van der Waals surface area contributed by atoms with Crippen molar-refractivity contribution in [3.05, 3.63) is 36.5 Å². The van der Waals surface area contributed by atoms with Crippen LogP contribution < -0.4 is 5.32 Å². The summed E-state index contributed by atoms with van der Waals surface area (Å²) in [5, 5.41) is 22.9. The summed E-state index contributed by atoms with van der Waals surface area (Å²) in [5.41, 5.74) is 0. The third-order valence-corrected chi connectivity index (χ3v) is 7.62. The highest BCUT2D eigenvalue weighted by Gasteiger charge is 2.19. The van der Waals surface area contributed by atoms with Crippen LogP contribution >= 0.6 is 0 Å². The number of hydrogen-bond acceptors (Lipinski definition) is 3. The Labute approximate surface area is 249 Å². The van der Waals surface area contributed by atoms with Gasteiger partial charge in [0.05, 0.1) is 18.8 Å². The standard InChI is InChI=1S/C36H67NO3/c1-3-5-7-9-11-13-15-17-18-20-22-24-26-28-30-32-36(40)37-34(33-38)35(39)31-29-27-25-23-21-19-16-14-12-10-8-6-4-2/h11,13,17-18,21,23,34-35,38-39H,3-10,12,14-16,19-20,22,24-33H2,1-2H3,(H,37,40)/b13-11+,18-17+,23-21+/t34-,35+/m0/s1. The van der Waals surface area contributed by atoms with Gasteiger partial charge in [-0.05, 0) is 70.6 Å². The molecule has 40 heavy (non-hydrogen) atoms. The van der Waals surface area contributed by atoms with Crippen LogP contribution in [0.3, 0.4) is 0 Å². The average Bonchev–Trinajstić information content (AvgIpc) is 2.96. The number of aliphatic hydroxyl groups excluding tert-OH is 2. The first kappa shape index (κ1) is 38.6. The fraction of sp³-hybridized carbons (Fsp3) is 0.806. The largest absolute Gasteiger partial charge is 0.394 e. The van der Waals surface area contributed by atoms with Gasteiger partial charge in [-0.2, -0.15) is 0 Å². The minimum Gasteiger partial charge on any atom is -0.394 e. The third-order valence-electron chi connectivity index (χ3n) is 7.62. The Bertz CT molecular complexity index is 613. The molecule has 1 amide bonds. The van der Waals surface area contributed by atoms with Crippen molar-refractivity contribution in [1.29, 1.82) is 0 Å². The maximum absolute atomic E-state index is 12.3. The molecule has 0 fully saturated rings. The molecule has 4 nitrogen and oxygen atoms in total. The highest BCUT2D eigenvalue weighted by atomic mass is 16.3. The first-order valence-corrected chi connectivity index (χ1v) is 17.2. The Balaban J connectivity index is 3.67. The van der Waals surface area contributed by atoms with Gasteiger partial charge in [0.1, 0.15) is 0 Å². The Hall–Kier alpha value is -1.39. The van der Waals surface area contributed by atoms with E-state index in [1.807, 2.05) is 0 Å². The van der Waals surface area contributed by atoms with E-state index in [9.17, 15) is 15.0 Å². The van der Waals surface area contributed by atoms with Crippen LogP contribution in [0.1, 0.15) is 168 Å². The molecule has 0 heterocycles. The van der Waals surface area contributed by atoms with Crippen molar-refractivity contribution < 1.29 is 15.0 Å². The van der Waals surface area contributed by atoms with Crippen molar-refractivity contribution in [3.63, 3.8) is 0 Å². The van der Waals surface area contributed by atoms with Crippen molar-refractivity contribution in [3.8, 4) is 0 Å². The Morgan fingerprint density at radius 1 is 0.600 bits per heavy atom. The molecule has 2 atom stereocenters. The zero-order chi connectivity index (χ0) is 29.4. The number of hydrogen-bond donors (Lipinski definition) is 3. The summed E-state index contributed by atoms with van der Waals surface area (Å²) in [4.78, 5) is 12.3. The van der Waals surface area contributed by atoms with Gasteiger partial charge in [0, 0.05) is 6.42 Å². The number of aliphatic hydroxyl groups is 2. The van der Waals surface area contributed by atoms with E-state index >= 15 is 0 Å². The number of nitrogens with one attached hydrogen (secondary N) is 1. The first-order valence-electron chi connectivity index (χ1n) is 17.2. The SMILES string of the molecule is CCCCC/C=C/C/C=C/CCCCCCCC(=O)N[C@@H](CO)[C@H](O)CCCC/C=C/CCCCCCCCC. The van der Waals surface area contributed by atoms with Gasteiger partial charge in [0.25, 0.3) is 0 Å². The van der Waals surface area contributed by atoms with Crippen LogP contribution in [0.15, 0.2) is 36.5 Å². The Morgan fingerprint density at radius 3 is 1.57 bits per heavy atom. The zero-order valence-electron chi connectivity index (χ0n) is 26.6. The van der Waals surface area contributed by atoms with E-state index in [0.717, 1.165) is 51.4 Å². The van der Waals surface area contributed by atoms with E-state index in [4.69, 9.17) is 0 Å². The number of carbonyl (C=O) groups is 1. The lowest BCUT2D eigenvalue weighted by Crippen LogP contribution is -2.45. The molecule has 0 bridgehead atoms. The maximum atomic E-state index is 12.3. The second kappa shape index (κ2) is 32.1. The van der Waals surface area contributed by atoms with Gasteiger partial charge in [-0.1, -0.05) is 127 Å². The van der Waals surface area contributed by atoms with Gasteiger partial charge >= 0.3 is 0 Å². The fourth-order valence-corrected chi connectivity index (χ4v) is 4.91. The lowest BCUT2D eigenvalue weighted by molar-refractivity contribution is -0.123. The van der Waals surface area contributed by atoms with Crippen molar-refractivity contribution >= 4 is 5.91 Å². The number of carbonyl (C=O) groups excluding carboxylic acids is 1. The minimum absolute atomic E-state index is 0.0583. The van der Waals surface area contributed by atoms with Crippen LogP contribution in [-0.4, -0.2) is 34.9 Å². The molecule has 0 aliphatic carbocycles. The summed E-state index contributed by atoms with van der Waals surface area (Å²) in [6, 6.07) is -0.557. The van der Waals surface area contributed by atoms with Crippen LogP contribution in [0.5, 0.6) is 0 Å². The molecule has 0 aromatic rings. The van der Waals surface area contributed by atoms with Crippen LogP contribution in [0.4, 0.5) is 0 Å². The normalized spacial score (nSPS) is 13.6. The summed E-state index contributed by atoms with van der Waals surface area (Å²) < 4.78 is 0. The molecule has 0 saturated carbocycles. The van der Waals surface area contributed by atoms with Crippen LogP contribution in [-0.2, 0) is 4.79 Å². The predicted octanol–water partition coefficient (Wildman–Crippen LogP) is 9.90. The minimum atomic E-state index is -0.685. The molecule has 0 spiro atoms. The monoisotopic (exact) mass is 562 g/mol. The molecule has 0 aliphatic rings. The quantitative estimate of drug-likeness (QED) is 0.0603. The number of unbranched alkanes of at least 4 members (excludes halogenated alkanes) is 17. The highest BCUT2D eigenvalue weighted by molar-refractivity contribution is 5.76. The second-order valence-corrected chi connectivity index (χ2v) is 11.6.